The van der Waals surface area contributed by atoms with Gasteiger partial charge in [-0.25, -0.2) is 4.68 Å². The molecule has 0 saturated heterocycles. The van der Waals surface area contributed by atoms with Gasteiger partial charge >= 0.3 is 0 Å². The Morgan fingerprint density at radius 2 is 1.79 bits per heavy atom. The average Bonchev–Trinajstić information content (AvgIpc) is 3.35. The standard InChI is InChI=1S/C21H20N4O3/c1-26-17-10-14(11-18(27-2)20(17)28-3)19-15-8-9-23-21(15)25(24-19)16-7-5-4-6-13(16)12-22/h4-7,10-11,23H,8-9H2,1-3H3. The lowest BCUT2D eigenvalue weighted by atomic mass is 10.1. The minimum absolute atomic E-state index is 0.540. The number of methoxy groups -OCH3 is 3. The molecule has 0 amide bonds. The van der Waals surface area contributed by atoms with Gasteiger partial charge in [-0.2, -0.15) is 10.4 Å². The van der Waals surface area contributed by atoms with Gasteiger partial charge in [-0.15, -0.1) is 0 Å². The SMILES string of the molecule is COc1cc(-c2nn(-c3ccccc3C#N)c3c2CCN3)cc(OC)c1OC. The van der Waals surface area contributed by atoms with Crippen LogP contribution in [-0.4, -0.2) is 37.7 Å². The Morgan fingerprint density at radius 1 is 1.07 bits per heavy atom. The average molecular weight is 376 g/mol. The van der Waals surface area contributed by atoms with Crippen molar-refractivity contribution >= 4 is 5.82 Å². The highest BCUT2D eigenvalue weighted by atomic mass is 16.5. The summed E-state index contributed by atoms with van der Waals surface area (Å²) in [4.78, 5) is 0. The number of fused-ring (bicyclic) bond motifs is 1. The molecule has 0 aliphatic carbocycles. The van der Waals surface area contributed by atoms with Gasteiger partial charge in [0.1, 0.15) is 11.9 Å². The number of nitrogens with one attached hydrogen (secondary N) is 1. The predicted octanol–water partition coefficient (Wildman–Crippen LogP) is 3.40. The van der Waals surface area contributed by atoms with Crippen LogP contribution in [0.15, 0.2) is 36.4 Å². The van der Waals surface area contributed by atoms with Crippen molar-refractivity contribution in [2.24, 2.45) is 0 Å². The maximum atomic E-state index is 9.49. The van der Waals surface area contributed by atoms with E-state index in [1.165, 1.54) is 0 Å². The van der Waals surface area contributed by atoms with Crippen molar-refractivity contribution in [2.45, 2.75) is 6.42 Å². The van der Waals surface area contributed by atoms with Gasteiger partial charge in [-0.05, 0) is 30.7 Å². The highest BCUT2D eigenvalue weighted by molar-refractivity contribution is 5.76. The zero-order valence-electron chi connectivity index (χ0n) is 15.9. The van der Waals surface area contributed by atoms with Gasteiger partial charge in [-0.3, -0.25) is 0 Å². The monoisotopic (exact) mass is 376 g/mol. The summed E-state index contributed by atoms with van der Waals surface area (Å²) in [5.74, 6) is 2.59. The van der Waals surface area contributed by atoms with E-state index in [4.69, 9.17) is 19.3 Å². The van der Waals surface area contributed by atoms with E-state index in [0.717, 1.165) is 41.3 Å². The number of benzene rings is 2. The van der Waals surface area contributed by atoms with Crippen LogP contribution in [0.2, 0.25) is 0 Å². The third-order valence-corrected chi connectivity index (χ3v) is 4.84. The molecule has 142 valence electrons. The number of aromatic nitrogens is 2. The molecule has 28 heavy (non-hydrogen) atoms. The number of para-hydroxylation sites is 1. The van der Waals surface area contributed by atoms with E-state index >= 15 is 0 Å². The van der Waals surface area contributed by atoms with Gasteiger partial charge in [0.05, 0.1) is 38.3 Å². The topological polar surface area (TPSA) is 81.3 Å². The number of ether oxygens (including phenoxy) is 3. The molecule has 7 nitrogen and oxygen atoms in total. The first kappa shape index (κ1) is 17.7. The highest BCUT2D eigenvalue weighted by Gasteiger charge is 2.26. The Hall–Kier alpha value is -3.66. The lowest BCUT2D eigenvalue weighted by molar-refractivity contribution is 0.324. The fourth-order valence-corrected chi connectivity index (χ4v) is 3.55. The minimum Gasteiger partial charge on any atom is -0.493 e. The predicted molar refractivity (Wildman–Crippen MR) is 106 cm³/mol. The van der Waals surface area contributed by atoms with E-state index < -0.39 is 0 Å². The molecule has 0 bridgehead atoms. The Labute approximate surface area is 163 Å². The quantitative estimate of drug-likeness (QED) is 0.735. The van der Waals surface area contributed by atoms with Crippen LogP contribution >= 0.6 is 0 Å². The Bertz CT molecular complexity index is 1060. The van der Waals surface area contributed by atoms with E-state index in [9.17, 15) is 5.26 Å². The van der Waals surface area contributed by atoms with Crippen molar-refractivity contribution in [1.82, 2.24) is 9.78 Å². The molecule has 3 aromatic rings. The maximum Gasteiger partial charge on any atom is 0.203 e. The molecule has 2 aromatic carbocycles. The smallest absolute Gasteiger partial charge is 0.203 e. The third kappa shape index (κ3) is 2.70. The summed E-state index contributed by atoms with van der Waals surface area (Å²) in [5.41, 5.74) is 4.10. The Morgan fingerprint density at radius 3 is 2.43 bits per heavy atom. The lowest BCUT2D eigenvalue weighted by Crippen LogP contribution is -2.06. The summed E-state index contributed by atoms with van der Waals surface area (Å²) >= 11 is 0. The molecule has 1 aromatic heterocycles. The second-order valence-electron chi connectivity index (χ2n) is 6.31. The van der Waals surface area contributed by atoms with Crippen LogP contribution in [0.5, 0.6) is 17.2 Å². The van der Waals surface area contributed by atoms with E-state index in [2.05, 4.69) is 11.4 Å². The summed E-state index contributed by atoms with van der Waals surface area (Å²) in [6.45, 7) is 0.819. The summed E-state index contributed by atoms with van der Waals surface area (Å²) in [6.07, 6.45) is 0.843. The molecule has 0 atom stereocenters. The first-order valence-corrected chi connectivity index (χ1v) is 8.87. The van der Waals surface area contributed by atoms with Gasteiger partial charge in [0.25, 0.3) is 0 Å². The maximum absolute atomic E-state index is 9.49. The van der Waals surface area contributed by atoms with Crippen molar-refractivity contribution < 1.29 is 14.2 Å². The molecule has 0 spiro atoms. The first-order chi connectivity index (χ1) is 13.7. The van der Waals surface area contributed by atoms with Crippen LogP contribution < -0.4 is 19.5 Å². The van der Waals surface area contributed by atoms with E-state index in [1.807, 2.05) is 30.3 Å². The van der Waals surface area contributed by atoms with Crippen LogP contribution in [0.25, 0.3) is 16.9 Å². The molecule has 2 heterocycles. The molecular formula is C21H20N4O3. The first-order valence-electron chi connectivity index (χ1n) is 8.87. The van der Waals surface area contributed by atoms with Crippen LogP contribution in [0.4, 0.5) is 5.82 Å². The fraction of sp³-hybridized carbons (Fsp3) is 0.238. The second-order valence-corrected chi connectivity index (χ2v) is 6.31. The second kappa shape index (κ2) is 7.16. The van der Waals surface area contributed by atoms with Crippen molar-refractivity contribution in [2.75, 3.05) is 33.2 Å². The molecule has 0 saturated carbocycles. The number of anilines is 1. The summed E-state index contributed by atoms with van der Waals surface area (Å²) in [6, 6.07) is 13.5. The van der Waals surface area contributed by atoms with Gasteiger partial charge in [0.2, 0.25) is 5.75 Å². The van der Waals surface area contributed by atoms with Gasteiger partial charge in [-0.1, -0.05) is 12.1 Å². The van der Waals surface area contributed by atoms with E-state index in [1.54, 1.807) is 32.1 Å². The number of rotatable bonds is 5. The summed E-state index contributed by atoms with van der Waals surface area (Å²) in [7, 11) is 4.76. The van der Waals surface area contributed by atoms with Crippen molar-refractivity contribution in [3.63, 3.8) is 0 Å². The molecular weight excluding hydrogens is 356 g/mol. The molecule has 1 aliphatic heterocycles. The van der Waals surface area contributed by atoms with Crippen LogP contribution in [-0.2, 0) is 6.42 Å². The van der Waals surface area contributed by atoms with E-state index in [0.29, 0.717) is 22.8 Å². The normalized spacial score (nSPS) is 12.1. The summed E-state index contributed by atoms with van der Waals surface area (Å²) in [5, 5.41) is 17.7. The number of nitrogens with zero attached hydrogens (tertiary/aromatic N) is 3. The largest absolute Gasteiger partial charge is 0.493 e. The van der Waals surface area contributed by atoms with Crippen LogP contribution in [0.1, 0.15) is 11.1 Å². The molecule has 1 N–H and O–H groups in total. The number of nitriles is 1. The number of hydrogen-bond donors (Lipinski definition) is 1. The molecule has 0 unspecified atom stereocenters. The van der Waals surface area contributed by atoms with Gasteiger partial charge in [0.15, 0.2) is 11.5 Å². The van der Waals surface area contributed by atoms with Gasteiger partial charge in [0, 0.05) is 17.7 Å². The Kier molecular flexibility index (Phi) is 4.53. The molecule has 7 heteroatoms. The zero-order chi connectivity index (χ0) is 19.7. The van der Waals surface area contributed by atoms with Crippen molar-refractivity contribution in [3.8, 4) is 40.3 Å². The molecule has 0 radical (unpaired) electrons. The molecule has 1 aliphatic rings. The third-order valence-electron chi connectivity index (χ3n) is 4.84. The minimum atomic E-state index is 0.540. The molecule has 0 fully saturated rings. The van der Waals surface area contributed by atoms with Gasteiger partial charge < -0.3 is 19.5 Å². The summed E-state index contributed by atoms with van der Waals surface area (Å²) < 4.78 is 18.2. The van der Waals surface area contributed by atoms with E-state index in [-0.39, 0.29) is 0 Å². The number of hydrogen-bond acceptors (Lipinski definition) is 6. The van der Waals surface area contributed by atoms with Crippen molar-refractivity contribution in [1.29, 1.82) is 5.26 Å². The van der Waals surface area contributed by atoms with Crippen molar-refractivity contribution in [3.05, 3.63) is 47.5 Å². The Balaban J connectivity index is 1.93. The molecule has 4 rings (SSSR count). The fourth-order valence-electron chi connectivity index (χ4n) is 3.55. The zero-order valence-corrected chi connectivity index (χ0v) is 15.9. The van der Waals surface area contributed by atoms with Crippen LogP contribution in [0, 0.1) is 11.3 Å². The van der Waals surface area contributed by atoms with Crippen LogP contribution in [0.3, 0.4) is 0 Å². The lowest BCUT2D eigenvalue weighted by Gasteiger charge is -2.13. The highest BCUT2D eigenvalue weighted by Crippen LogP contribution is 2.43.